The minimum absolute atomic E-state index is 0.0542. The van der Waals surface area contributed by atoms with E-state index < -0.39 is 17.4 Å². The Morgan fingerprint density at radius 2 is 1.97 bits per heavy atom. The summed E-state index contributed by atoms with van der Waals surface area (Å²) in [4.78, 5) is 28.1. The van der Waals surface area contributed by atoms with Crippen molar-refractivity contribution in [3.8, 4) is 5.75 Å². The largest absolute Gasteiger partial charge is 0.497 e. The first-order chi connectivity index (χ1) is 15.1. The summed E-state index contributed by atoms with van der Waals surface area (Å²) in [5.41, 5.74) is 1.33. The van der Waals surface area contributed by atoms with Gasteiger partial charge in [0.05, 0.1) is 31.6 Å². The second-order valence-electron chi connectivity index (χ2n) is 8.40. The van der Waals surface area contributed by atoms with Crippen LogP contribution in [0.3, 0.4) is 0 Å². The van der Waals surface area contributed by atoms with E-state index in [2.05, 4.69) is 17.4 Å². The van der Waals surface area contributed by atoms with Crippen molar-refractivity contribution in [2.24, 2.45) is 11.8 Å². The molecule has 2 saturated heterocycles. The van der Waals surface area contributed by atoms with Crippen LogP contribution in [0.25, 0.3) is 0 Å². The Balaban J connectivity index is 1.26. The molecule has 2 bridgehead atoms. The Morgan fingerprint density at radius 3 is 2.71 bits per heavy atom. The van der Waals surface area contributed by atoms with Gasteiger partial charge in [-0.15, -0.1) is 0 Å². The van der Waals surface area contributed by atoms with Gasteiger partial charge in [-0.05, 0) is 42.7 Å². The molecule has 2 aromatic rings. The first-order valence-corrected chi connectivity index (χ1v) is 10.8. The van der Waals surface area contributed by atoms with Crippen molar-refractivity contribution in [3.05, 3.63) is 72.3 Å². The van der Waals surface area contributed by atoms with Gasteiger partial charge >= 0.3 is 0 Å². The van der Waals surface area contributed by atoms with E-state index in [4.69, 9.17) is 9.47 Å². The molecule has 2 fully saturated rings. The molecule has 3 aliphatic heterocycles. The van der Waals surface area contributed by atoms with Gasteiger partial charge in [-0.2, -0.15) is 0 Å². The summed E-state index contributed by atoms with van der Waals surface area (Å²) in [6.45, 7) is 1.00. The maximum absolute atomic E-state index is 13.4. The number of benzene rings is 2. The lowest BCUT2D eigenvalue weighted by atomic mass is 9.77. The van der Waals surface area contributed by atoms with Gasteiger partial charge < -0.3 is 19.7 Å². The number of carbonyl (C=O) groups excluding carboxylic acids is 2. The van der Waals surface area contributed by atoms with Crippen LogP contribution in [0.15, 0.2) is 66.7 Å². The van der Waals surface area contributed by atoms with Crippen LogP contribution in [0, 0.1) is 11.8 Å². The number of aryl methyl sites for hydroxylation is 1. The van der Waals surface area contributed by atoms with Crippen molar-refractivity contribution < 1.29 is 19.1 Å². The smallest absolute Gasteiger partial charge is 0.234 e. The molecule has 6 nitrogen and oxygen atoms in total. The van der Waals surface area contributed by atoms with Crippen molar-refractivity contribution in [2.75, 3.05) is 25.1 Å². The third-order valence-electron chi connectivity index (χ3n) is 6.57. The van der Waals surface area contributed by atoms with Crippen molar-refractivity contribution in [3.63, 3.8) is 0 Å². The van der Waals surface area contributed by atoms with E-state index in [-0.39, 0.29) is 17.9 Å². The number of carbonyl (C=O) groups is 2. The SMILES string of the molecule is COc1ccc(N2C[C@]34C=C[C@H](O3)[C@H](C(=O)NCCCc3ccccc3)[C@H]4C2=O)cc1. The van der Waals surface area contributed by atoms with Gasteiger partial charge in [0, 0.05) is 12.2 Å². The fraction of sp³-hybridized carbons (Fsp3) is 0.360. The number of nitrogens with zero attached hydrogens (tertiary/aromatic N) is 1. The lowest BCUT2D eigenvalue weighted by Gasteiger charge is -2.23. The van der Waals surface area contributed by atoms with Crippen LogP contribution < -0.4 is 15.0 Å². The second kappa shape index (κ2) is 7.85. The van der Waals surface area contributed by atoms with Gasteiger partial charge in [-0.25, -0.2) is 0 Å². The van der Waals surface area contributed by atoms with Crippen LogP contribution in [0.5, 0.6) is 5.75 Å². The third-order valence-corrected chi connectivity index (χ3v) is 6.57. The first-order valence-electron chi connectivity index (χ1n) is 10.8. The van der Waals surface area contributed by atoms with E-state index in [9.17, 15) is 9.59 Å². The highest BCUT2D eigenvalue weighted by Gasteiger charge is 2.67. The van der Waals surface area contributed by atoms with E-state index in [0.717, 1.165) is 24.3 Å². The molecule has 0 aliphatic carbocycles. The average Bonchev–Trinajstić information content (AvgIpc) is 3.45. The number of methoxy groups -OCH3 is 1. The molecule has 0 aromatic heterocycles. The second-order valence-corrected chi connectivity index (χ2v) is 8.40. The molecule has 3 aliphatic rings. The number of rotatable bonds is 7. The predicted molar refractivity (Wildman–Crippen MR) is 117 cm³/mol. The summed E-state index contributed by atoms with van der Waals surface area (Å²) >= 11 is 0. The lowest BCUT2D eigenvalue weighted by Crippen LogP contribution is -2.44. The van der Waals surface area contributed by atoms with Gasteiger partial charge in [-0.1, -0.05) is 42.5 Å². The monoisotopic (exact) mass is 418 g/mol. The zero-order valence-electron chi connectivity index (χ0n) is 17.5. The third kappa shape index (κ3) is 3.41. The standard InChI is InChI=1S/C25H26N2O4/c1-30-19-11-9-18(10-12-19)27-16-25-14-13-20(31-25)21(22(25)24(27)29)23(28)26-15-5-8-17-6-3-2-4-7-17/h2-4,6-7,9-14,20-22H,5,8,15-16H2,1H3,(H,26,28)/t20-,21-,22-,25-/m0/s1. The molecule has 2 amide bonds. The van der Waals surface area contributed by atoms with Crippen LogP contribution in [-0.4, -0.2) is 43.7 Å². The van der Waals surface area contributed by atoms with Crippen LogP contribution in [0.2, 0.25) is 0 Å². The Morgan fingerprint density at radius 1 is 1.19 bits per heavy atom. The quantitative estimate of drug-likeness (QED) is 0.555. The number of hydrogen-bond acceptors (Lipinski definition) is 4. The number of anilines is 1. The molecule has 5 rings (SSSR count). The highest BCUT2D eigenvalue weighted by atomic mass is 16.5. The Labute approximate surface area is 181 Å². The number of nitrogens with one attached hydrogen (secondary N) is 1. The van der Waals surface area contributed by atoms with E-state index in [1.165, 1.54) is 5.56 Å². The van der Waals surface area contributed by atoms with E-state index in [0.29, 0.717) is 13.1 Å². The van der Waals surface area contributed by atoms with Crippen molar-refractivity contribution in [2.45, 2.75) is 24.5 Å². The summed E-state index contributed by atoms with van der Waals surface area (Å²) in [5, 5.41) is 3.04. The fourth-order valence-corrected chi connectivity index (χ4v) is 5.05. The van der Waals surface area contributed by atoms with Crippen LogP contribution in [-0.2, 0) is 20.7 Å². The predicted octanol–water partition coefficient (Wildman–Crippen LogP) is 2.73. The molecule has 3 heterocycles. The molecule has 31 heavy (non-hydrogen) atoms. The maximum atomic E-state index is 13.4. The highest BCUT2D eigenvalue weighted by molar-refractivity contribution is 6.03. The Bertz CT molecular complexity index is 1000. The van der Waals surface area contributed by atoms with Crippen LogP contribution in [0.4, 0.5) is 5.69 Å². The normalized spacial score (nSPS) is 28.1. The average molecular weight is 418 g/mol. The van der Waals surface area contributed by atoms with Crippen LogP contribution >= 0.6 is 0 Å². The number of hydrogen-bond donors (Lipinski definition) is 1. The Hall–Kier alpha value is -3.12. The molecule has 0 radical (unpaired) electrons. The molecule has 0 unspecified atom stereocenters. The molecular weight excluding hydrogens is 392 g/mol. The van der Waals surface area contributed by atoms with Gasteiger partial charge in [0.25, 0.3) is 0 Å². The molecule has 1 N–H and O–H groups in total. The lowest BCUT2D eigenvalue weighted by molar-refractivity contribution is -0.131. The van der Waals surface area contributed by atoms with E-state index in [1.54, 1.807) is 12.0 Å². The number of ether oxygens (including phenoxy) is 2. The molecule has 0 saturated carbocycles. The van der Waals surface area contributed by atoms with Crippen molar-refractivity contribution in [1.82, 2.24) is 5.32 Å². The summed E-state index contributed by atoms with van der Waals surface area (Å²) in [5.74, 6) is -0.393. The molecule has 4 atom stereocenters. The number of fused-ring (bicyclic) bond motifs is 1. The van der Waals surface area contributed by atoms with Gasteiger partial charge in [-0.3, -0.25) is 9.59 Å². The Kier molecular flexibility index (Phi) is 5.02. The zero-order valence-corrected chi connectivity index (χ0v) is 17.5. The zero-order chi connectivity index (χ0) is 21.4. The number of amides is 2. The maximum Gasteiger partial charge on any atom is 0.234 e. The topological polar surface area (TPSA) is 67.9 Å². The van der Waals surface area contributed by atoms with Crippen molar-refractivity contribution in [1.29, 1.82) is 0 Å². The van der Waals surface area contributed by atoms with Gasteiger partial charge in [0.15, 0.2) is 0 Å². The minimum atomic E-state index is -0.715. The minimum Gasteiger partial charge on any atom is -0.497 e. The van der Waals surface area contributed by atoms with Gasteiger partial charge in [0.1, 0.15) is 11.4 Å². The molecular formula is C25H26N2O4. The van der Waals surface area contributed by atoms with Crippen LogP contribution in [0.1, 0.15) is 12.0 Å². The molecule has 1 spiro atoms. The summed E-state index contributed by atoms with van der Waals surface area (Å²) < 4.78 is 11.4. The summed E-state index contributed by atoms with van der Waals surface area (Å²) in [6.07, 6.45) is 5.34. The first kappa shape index (κ1) is 19.8. The fourth-order valence-electron chi connectivity index (χ4n) is 5.05. The van der Waals surface area contributed by atoms with E-state index >= 15 is 0 Å². The summed E-state index contributed by atoms with van der Waals surface area (Å²) in [7, 11) is 1.61. The van der Waals surface area contributed by atoms with Gasteiger partial charge in [0.2, 0.25) is 11.8 Å². The van der Waals surface area contributed by atoms with Crippen molar-refractivity contribution >= 4 is 17.5 Å². The molecule has 2 aromatic carbocycles. The van der Waals surface area contributed by atoms with E-state index in [1.807, 2.05) is 54.6 Å². The highest BCUT2D eigenvalue weighted by Crippen LogP contribution is 2.52. The summed E-state index contributed by atoms with van der Waals surface area (Å²) in [6, 6.07) is 17.6. The molecule has 6 heteroatoms. The molecule has 160 valence electrons.